The molecule has 0 aliphatic heterocycles. The number of carbonyl (C=O) groups is 2. The van der Waals surface area contributed by atoms with Crippen molar-refractivity contribution in [3.63, 3.8) is 0 Å². The molecule has 0 unspecified atom stereocenters. The molecule has 7 heteroatoms. The van der Waals surface area contributed by atoms with Gasteiger partial charge in [-0.2, -0.15) is 13.2 Å². The van der Waals surface area contributed by atoms with E-state index in [4.69, 9.17) is 9.47 Å². The van der Waals surface area contributed by atoms with E-state index in [1.54, 1.807) is 0 Å². The molecule has 24 heavy (non-hydrogen) atoms. The van der Waals surface area contributed by atoms with E-state index in [0.29, 0.717) is 12.0 Å². The number of benzene rings is 1. The molecule has 0 aliphatic rings. The van der Waals surface area contributed by atoms with Gasteiger partial charge in [-0.15, -0.1) is 0 Å². The standard InChI is InChI=1S/C17H17F3O4/c1-12(2)16(22)24-11-3-10-23-15(21)9-6-13-4-7-14(8-5-13)17(18,19)20/h4-9H,1,3,10-11H2,2H3/b9-6+. The molecule has 0 amide bonds. The van der Waals surface area contributed by atoms with Crippen LogP contribution in [0.3, 0.4) is 0 Å². The highest BCUT2D eigenvalue weighted by Crippen LogP contribution is 2.29. The normalized spacial score (nSPS) is 11.3. The van der Waals surface area contributed by atoms with Gasteiger partial charge in [0.05, 0.1) is 18.8 Å². The van der Waals surface area contributed by atoms with Crippen LogP contribution in [0.1, 0.15) is 24.5 Å². The lowest BCUT2D eigenvalue weighted by atomic mass is 10.1. The summed E-state index contributed by atoms with van der Waals surface area (Å²) in [5, 5.41) is 0. The van der Waals surface area contributed by atoms with Crippen LogP contribution in [0.4, 0.5) is 13.2 Å². The van der Waals surface area contributed by atoms with Gasteiger partial charge in [-0.1, -0.05) is 18.7 Å². The van der Waals surface area contributed by atoms with Crippen LogP contribution in [-0.4, -0.2) is 25.2 Å². The number of rotatable bonds is 7. The quantitative estimate of drug-likeness (QED) is 0.430. The van der Waals surface area contributed by atoms with Crippen molar-refractivity contribution < 1.29 is 32.2 Å². The van der Waals surface area contributed by atoms with Gasteiger partial charge in [-0.25, -0.2) is 9.59 Å². The maximum atomic E-state index is 12.4. The fourth-order valence-electron chi connectivity index (χ4n) is 1.52. The Morgan fingerprint density at radius 2 is 1.71 bits per heavy atom. The first-order chi connectivity index (χ1) is 11.2. The molecular weight excluding hydrogens is 325 g/mol. The minimum atomic E-state index is -4.39. The fraction of sp³-hybridized carbons (Fsp3) is 0.294. The Balaban J connectivity index is 2.33. The topological polar surface area (TPSA) is 52.6 Å². The van der Waals surface area contributed by atoms with Crippen LogP contribution >= 0.6 is 0 Å². The van der Waals surface area contributed by atoms with Crippen molar-refractivity contribution >= 4 is 18.0 Å². The summed E-state index contributed by atoms with van der Waals surface area (Å²) in [5.41, 5.74) is -0.0339. The predicted molar refractivity (Wildman–Crippen MR) is 81.8 cm³/mol. The van der Waals surface area contributed by atoms with Crippen molar-refractivity contribution in [1.29, 1.82) is 0 Å². The third-order valence-electron chi connectivity index (χ3n) is 2.76. The van der Waals surface area contributed by atoms with E-state index >= 15 is 0 Å². The number of ether oxygens (including phenoxy) is 2. The molecule has 0 atom stereocenters. The van der Waals surface area contributed by atoms with Crippen LogP contribution in [0.5, 0.6) is 0 Å². The first kappa shape index (κ1) is 19.5. The number of alkyl halides is 3. The lowest BCUT2D eigenvalue weighted by Crippen LogP contribution is -2.09. The molecule has 0 fully saturated rings. The predicted octanol–water partition coefficient (Wildman–Crippen LogP) is 3.77. The molecule has 0 aromatic heterocycles. The third-order valence-corrected chi connectivity index (χ3v) is 2.76. The summed E-state index contributed by atoms with van der Waals surface area (Å²) >= 11 is 0. The maximum absolute atomic E-state index is 12.4. The van der Waals surface area contributed by atoms with Crippen molar-refractivity contribution in [1.82, 2.24) is 0 Å². The SMILES string of the molecule is C=C(C)C(=O)OCCCOC(=O)/C=C/c1ccc(C(F)(F)F)cc1. The van der Waals surface area contributed by atoms with Gasteiger partial charge in [0, 0.05) is 18.1 Å². The second-order valence-electron chi connectivity index (χ2n) is 4.89. The molecule has 0 heterocycles. The van der Waals surface area contributed by atoms with Gasteiger partial charge in [0.15, 0.2) is 0 Å². The smallest absolute Gasteiger partial charge is 0.416 e. The summed E-state index contributed by atoms with van der Waals surface area (Å²) in [6, 6.07) is 4.37. The summed E-state index contributed by atoms with van der Waals surface area (Å²) in [6.07, 6.45) is -1.60. The van der Waals surface area contributed by atoms with Crippen molar-refractivity contribution in [2.45, 2.75) is 19.5 Å². The first-order valence-electron chi connectivity index (χ1n) is 7.05. The van der Waals surface area contributed by atoms with Gasteiger partial charge >= 0.3 is 18.1 Å². The van der Waals surface area contributed by atoms with Gasteiger partial charge in [0.2, 0.25) is 0 Å². The zero-order valence-electron chi connectivity index (χ0n) is 13.1. The highest BCUT2D eigenvalue weighted by molar-refractivity contribution is 5.87. The Morgan fingerprint density at radius 1 is 1.12 bits per heavy atom. The number of carbonyl (C=O) groups excluding carboxylic acids is 2. The molecule has 0 bridgehead atoms. The van der Waals surface area contributed by atoms with E-state index in [-0.39, 0.29) is 18.8 Å². The number of esters is 2. The summed E-state index contributed by atoms with van der Waals surface area (Å²) in [5.74, 6) is -1.15. The van der Waals surface area contributed by atoms with Gasteiger partial charge in [-0.3, -0.25) is 0 Å². The van der Waals surface area contributed by atoms with E-state index in [0.717, 1.165) is 18.2 Å². The summed E-state index contributed by atoms with van der Waals surface area (Å²) in [7, 11) is 0. The van der Waals surface area contributed by atoms with E-state index in [2.05, 4.69) is 6.58 Å². The van der Waals surface area contributed by atoms with Crippen molar-refractivity contribution in [3.05, 3.63) is 53.6 Å². The Morgan fingerprint density at radius 3 is 2.25 bits per heavy atom. The van der Waals surface area contributed by atoms with Crippen LogP contribution < -0.4 is 0 Å². The minimum absolute atomic E-state index is 0.0552. The van der Waals surface area contributed by atoms with Crippen molar-refractivity contribution in [3.8, 4) is 0 Å². The highest BCUT2D eigenvalue weighted by Gasteiger charge is 2.29. The molecule has 1 aromatic carbocycles. The first-order valence-corrected chi connectivity index (χ1v) is 7.05. The van der Waals surface area contributed by atoms with Gasteiger partial charge in [0.1, 0.15) is 0 Å². The molecule has 0 radical (unpaired) electrons. The van der Waals surface area contributed by atoms with Gasteiger partial charge < -0.3 is 9.47 Å². The molecule has 0 N–H and O–H groups in total. The van der Waals surface area contributed by atoms with Crippen LogP contribution in [0, 0.1) is 0 Å². The lowest BCUT2D eigenvalue weighted by Gasteiger charge is -2.06. The van der Waals surface area contributed by atoms with Crippen molar-refractivity contribution in [2.75, 3.05) is 13.2 Å². The lowest BCUT2D eigenvalue weighted by molar-refractivity contribution is -0.141. The summed E-state index contributed by atoms with van der Waals surface area (Å²) in [6.45, 7) is 5.10. The number of hydrogen-bond donors (Lipinski definition) is 0. The summed E-state index contributed by atoms with van der Waals surface area (Å²) < 4.78 is 46.9. The zero-order chi connectivity index (χ0) is 18.2. The maximum Gasteiger partial charge on any atom is 0.416 e. The summed E-state index contributed by atoms with van der Waals surface area (Å²) in [4.78, 5) is 22.5. The highest BCUT2D eigenvalue weighted by atomic mass is 19.4. The van der Waals surface area contributed by atoms with Crippen LogP contribution in [0.2, 0.25) is 0 Å². The Bertz CT molecular complexity index is 616. The molecule has 0 saturated heterocycles. The molecule has 130 valence electrons. The number of halogens is 3. The fourth-order valence-corrected chi connectivity index (χ4v) is 1.52. The average Bonchev–Trinajstić information content (AvgIpc) is 2.51. The monoisotopic (exact) mass is 342 g/mol. The van der Waals surface area contributed by atoms with E-state index in [9.17, 15) is 22.8 Å². The van der Waals surface area contributed by atoms with Crippen LogP contribution in [-0.2, 0) is 25.2 Å². The molecular formula is C17H17F3O4. The van der Waals surface area contributed by atoms with E-state index in [1.165, 1.54) is 25.1 Å². The van der Waals surface area contributed by atoms with Crippen LogP contribution in [0.25, 0.3) is 6.08 Å². The van der Waals surface area contributed by atoms with E-state index in [1.807, 2.05) is 0 Å². The van der Waals surface area contributed by atoms with Gasteiger partial charge in [-0.05, 0) is 30.7 Å². The molecule has 0 aliphatic carbocycles. The minimum Gasteiger partial charge on any atom is -0.462 e. The third kappa shape index (κ3) is 7.13. The second kappa shape index (κ2) is 8.90. The zero-order valence-corrected chi connectivity index (χ0v) is 13.1. The van der Waals surface area contributed by atoms with Gasteiger partial charge in [0.25, 0.3) is 0 Å². The number of hydrogen-bond acceptors (Lipinski definition) is 4. The molecule has 0 spiro atoms. The molecule has 0 saturated carbocycles. The molecule has 1 rings (SSSR count). The Kier molecular flexibility index (Phi) is 7.23. The second-order valence-corrected chi connectivity index (χ2v) is 4.89. The van der Waals surface area contributed by atoms with Crippen LogP contribution in [0.15, 0.2) is 42.5 Å². The molecule has 4 nitrogen and oxygen atoms in total. The largest absolute Gasteiger partial charge is 0.462 e. The molecule has 1 aromatic rings. The van der Waals surface area contributed by atoms with Crippen molar-refractivity contribution in [2.24, 2.45) is 0 Å². The Hall–Kier alpha value is -2.57. The average molecular weight is 342 g/mol. The van der Waals surface area contributed by atoms with E-state index < -0.39 is 23.7 Å². The Labute approximate surface area is 137 Å².